The van der Waals surface area contributed by atoms with Gasteiger partial charge in [0, 0.05) is 0 Å². The Balaban J connectivity index is 2.99. The Bertz CT molecular complexity index is 126. The predicted octanol–water partition coefficient (Wildman–Crippen LogP) is 5.70. The van der Waals surface area contributed by atoms with E-state index in [1.54, 1.807) is 0 Å². The molecule has 0 amide bonds. The van der Waals surface area contributed by atoms with Crippen molar-refractivity contribution < 1.29 is 0 Å². The van der Waals surface area contributed by atoms with E-state index in [1.165, 1.54) is 49.4 Å². The Morgan fingerprint density at radius 3 is 1.71 bits per heavy atom. The summed E-state index contributed by atoms with van der Waals surface area (Å²) in [6, 6.07) is 1.06. The van der Waals surface area contributed by atoms with E-state index in [1.807, 2.05) is 6.55 Å². The molecule has 0 aromatic carbocycles. The minimum Gasteiger partial charge on any atom is -0.146 e. The van der Waals surface area contributed by atoms with Crippen LogP contribution in [0.25, 0.3) is 0 Å². The van der Waals surface area contributed by atoms with E-state index in [0.29, 0.717) is 0 Å². The van der Waals surface area contributed by atoms with Gasteiger partial charge in [-0.2, -0.15) is 0 Å². The molecule has 0 N–H and O–H groups in total. The Labute approximate surface area is 113 Å². The molecule has 0 spiro atoms. The van der Waals surface area contributed by atoms with Crippen LogP contribution in [0.1, 0.15) is 44.9 Å². The molecule has 0 aromatic heterocycles. The fourth-order valence-electron chi connectivity index (χ4n) is 1.41. The van der Waals surface area contributed by atoms with Gasteiger partial charge in [-0.25, -0.2) is 0 Å². The van der Waals surface area contributed by atoms with Crippen molar-refractivity contribution >= 4 is 51.4 Å². The SMILES string of the molecule is C[Si](Cl)(Cl)CCCCCCCCCI. The van der Waals surface area contributed by atoms with Crippen molar-refractivity contribution in [3.8, 4) is 0 Å². The van der Waals surface area contributed by atoms with Crippen molar-refractivity contribution in [1.82, 2.24) is 0 Å². The van der Waals surface area contributed by atoms with Gasteiger partial charge in [0.25, 0.3) is 0 Å². The zero-order chi connectivity index (χ0) is 10.9. The van der Waals surface area contributed by atoms with Crippen LogP contribution in [-0.2, 0) is 0 Å². The average Bonchev–Trinajstić information content (AvgIpc) is 2.08. The largest absolute Gasteiger partial charge is 0.248 e. The van der Waals surface area contributed by atoms with Gasteiger partial charge in [0.2, 0.25) is 6.69 Å². The van der Waals surface area contributed by atoms with Gasteiger partial charge in [-0.3, -0.25) is 0 Å². The van der Waals surface area contributed by atoms with E-state index < -0.39 is 6.69 Å². The van der Waals surface area contributed by atoms with Crippen LogP contribution < -0.4 is 0 Å². The number of rotatable bonds is 9. The first kappa shape index (κ1) is 15.5. The smallest absolute Gasteiger partial charge is 0.146 e. The van der Waals surface area contributed by atoms with E-state index >= 15 is 0 Å². The monoisotopic (exact) mass is 366 g/mol. The summed E-state index contributed by atoms with van der Waals surface area (Å²) in [5.74, 6) is 0. The molecule has 14 heavy (non-hydrogen) atoms. The van der Waals surface area contributed by atoms with Gasteiger partial charge in [0.05, 0.1) is 0 Å². The minimum absolute atomic E-state index is 1.06. The van der Waals surface area contributed by atoms with Crippen molar-refractivity contribution in [2.45, 2.75) is 57.5 Å². The second-order valence-electron chi connectivity index (χ2n) is 3.98. The molecular weight excluding hydrogens is 346 g/mol. The summed E-state index contributed by atoms with van der Waals surface area (Å²) >= 11 is 14.5. The molecule has 0 heterocycles. The molecule has 0 bridgehead atoms. The van der Waals surface area contributed by atoms with E-state index in [2.05, 4.69) is 22.6 Å². The zero-order valence-electron chi connectivity index (χ0n) is 9.00. The van der Waals surface area contributed by atoms with Gasteiger partial charge in [-0.05, 0) is 23.4 Å². The molecule has 0 aliphatic rings. The zero-order valence-corrected chi connectivity index (χ0v) is 13.7. The molecule has 0 aliphatic heterocycles. The summed E-state index contributed by atoms with van der Waals surface area (Å²) in [4.78, 5) is 0. The third kappa shape index (κ3) is 13.5. The van der Waals surface area contributed by atoms with Crippen molar-refractivity contribution in [1.29, 1.82) is 0 Å². The average molecular weight is 367 g/mol. The maximum Gasteiger partial charge on any atom is 0.248 e. The standard InChI is InChI=1S/C10H21Cl2ISi/c1-14(11,12)10-8-6-4-2-3-5-7-9-13/h2-10H2,1H3. The lowest BCUT2D eigenvalue weighted by molar-refractivity contribution is 0.604. The lowest BCUT2D eigenvalue weighted by Gasteiger charge is -2.08. The highest BCUT2D eigenvalue weighted by Gasteiger charge is 2.19. The van der Waals surface area contributed by atoms with Gasteiger partial charge in [-0.1, -0.05) is 61.1 Å². The first-order chi connectivity index (χ1) is 6.56. The lowest BCUT2D eigenvalue weighted by Crippen LogP contribution is -2.11. The molecule has 0 aromatic rings. The maximum atomic E-state index is 6.02. The fraction of sp³-hybridized carbons (Fsp3) is 1.00. The van der Waals surface area contributed by atoms with Crippen LogP contribution in [-0.4, -0.2) is 11.1 Å². The Hall–Kier alpha value is 1.53. The van der Waals surface area contributed by atoms with Crippen LogP contribution >= 0.6 is 44.7 Å². The molecule has 0 radical (unpaired) electrons. The summed E-state index contributed by atoms with van der Waals surface area (Å²) in [5, 5.41) is 0. The topological polar surface area (TPSA) is 0 Å². The second-order valence-corrected chi connectivity index (χ2v) is 13.3. The summed E-state index contributed by atoms with van der Waals surface area (Å²) in [5.41, 5.74) is 0. The summed E-state index contributed by atoms with van der Waals surface area (Å²) in [6.07, 6.45) is 9.47. The number of alkyl halides is 1. The number of halogens is 3. The van der Waals surface area contributed by atoms with E-state index in [0.717, 1.165) is 6.04 Å². The highest BCUT2D eigenvalue weighted by molar-refractivity contribution is 14.1. The molecule has 0 fully saturated rings. The molecule has 0 saturated carbocycles. The van der Waals surface area contributed by atoms with Crippen LogP contribution in [0.2, 0.25) is 12.6 Å². The quantitative estimate of drug-likeness (QED) is 0.161. The first-order valence-electron chi connectivity index (χ1n) is 5.50. The molecule has 0 nitrogen and oxygen atoms in total. The Kier molecular flexibility index (Phi) is 10.8. The molecular formula is C10H21Cl2ISi. The fourth-order valence-corrected chi connectivity index (χ4v) is 3.63. The van der Waals surface area contributed by atoms with Crippen molar-refractivity contribution in [3.05, 3.63) is 0 Å². The van der Waals surface area contributed by atoms with Crippen molar-refractivity contribution in [2.24, 2.45) is 0 Å². The molecule has 0 aliphatic carbocycles. The van der Waals surface area contributed by atoms with Crippen LogP contribution in [0.3, 0.4) is 0 Å². The van der Waals surface area contributed by atoms with Crippen LogP contribution in [0.4, 0.5) is 0 Å². The summed E-state index contributed by atoms with van der Waals surface area (Å²) in [7, 11) is 0. The van der Waals surface area contributed by atoms with Gasteiger partial charge < -0.3 is 0 Å². The minimum atomic E-state index is -1.79. The molecule has 0 unspecified atom stereocenters. The molecule has 0 atom stereocenters. The molecule has 86 valence electrons. The van der Waals surface area contributed by atoms with Gasteiger partial charge in [-0.15, -0.1) is 22.2 Å². The summed E-state index contributed by atoms with van der Waals surface area (Å²) in [6.45, 7) is 0.216. The molecule has 0 saturated heterocycles. The summed E-state index contributed by atoms with van der Waals surface area (Å²) < 4.78 is 1.31. The van der Waals surface area contributed by atoms with Crippen LogP contribution in [0, 0.1) is 0 Å². The highest BCUT2D eigenvalue weighted by Crippen LogP contribution is 2.23. The van der Waals surface area contributed by atoms with Gasteiger partial charge in [0.1, 0.15) is 0 Å². The molecule has 0 rings (SSSR count). The number of unbranched alkanes of at least 4 members (excludes halogenated alkanes) is 6. The van der Waals surface area contributed by atoms with E-state index in [-0.39, 0.29) is 0 Å². The maximum absolute atomic E-state index is 6.02. The van der Waals surface area contributed by atoms with Crippen molar-refractivity contribution in [2.75, 3.05) is 4.43 Å². The van der Waals surface area contributed by atoms with Crippen LogP contribution in [0.5, 0.6) is 0 Å². The first-order valence-corrected chi connectivity index (χ1v) is 11.8. The Morgan fingerprint density at radius 2 is 1.29 bits per heavy atom. The van der Waals surface area contributed by atoms with Gasteiger partial charge in [0.15, 0.2) is 0 Å². The van der Waals surface area contributed by atoms with Crippen LogP contribution in [0.15, 0.2) is 0 Å². The second kappa shape index (κ2) is 9.73. The highest BCUT2D eigenvalue weighted by atomic mass is 127. The van der Waals surface area contributed by atoms with E-state index in [9.17, 15) is 0 Å². The van der Waals surface area contributed by atoms with E-state index in [4.69, 9.17) is 22.2 Å². The van der Waals surface area contributed by atoms with Gasteiger partial charge >= 0.3 is 0 Å². The number of hydrogen-bond donors (Lipinski definition) is 0. The third-order valence-electron chi connectivity index (χ3n) is 2.25. The van der Waals surface area contributed by atoms with Crippen molar-refractivity contribution in [3.63, 3.8) is 0 Å². The Morgan fingerprint density at radius 1 is 0.857 bits per heavy atom. The third-order valence-corrected chi connectivity index (χ3v) is 5.38. The normalized spacial score (nSPS) is 12.0. The predicted molar refractivity (Wildman–Crippen MR) is 79.3 cm³/mol. The number of hydrogen-bond acceptors (Lipinski definition) is 0. The lowest BCUT2D eigenvalue weighted by atomic mass is 10.1. The molecule has 4 heteroatoms.